The van der Waals surface area contributed by atoms with E-state index in [1.165, 1.54) is 0 Å². The second-order valence-corrected chi connectivity index (χ2v) is 9.68. The number of rotatable bonds is 6. The first-order valence-corrected chi connectivity index (χ1v) is 12.8. The molecule has 1 aromatic heterocycles. The van der Waals surface area contributed by atoms with E-state index in [0.717, 1.165) is 37.0 Å². The van der Waals surface area contributed by atoms with Crippen molar-refractivity contribution in [1.82, 2.24) is 14.9 Å². The molecule has 4 rings (SSSR count). The molecule has 0 radical (unpaired) electrons. The largest absolute Gasteiger partial charge is 0.416 e. The van der Waals surface area contributed by atoms with Crippen LogP contribution in [-0.4, -0.2) is 57.8 Å². The normalized spacial score (nSPS) is 20.7. The van der Waals surface area contributed by atoms with Gasteiger partial charge in [0.15, 0.2) is 11.6 Å². The number of piperazine rings is 1. The molecule has 1 aliphatic heterocycles. The number of aliphatic hydroxyl groups is 1. The molecule has 36 heavy (non-hydrogen) atoms. The summed E-state index contributed by atoms with van der Waals surface area (Å²) in [5, 5.41) is 13.6. The van der Waals surface area contributed by atoms with Crippen molar-refractivity contribution in [2.45, 2.75) is 70.8 Å². The van der Waals surface area contributed by atoms with E-state index in [-0.39, 0.29) is 17.4 Å². The molecular formula is C25H36ClF3N6O. The predicted molar refractivity (Wildman–Crippen MR) is 138 cm³/mol. The Kier molecular flexibility index (Phi) is 8.95. The fourth-order valence-corrected chi connectivity index (χ4v) is 4.77. The van der Waals surface area contributed by atoms with Crippen LogP contribution in [0.4, 0.5) is 30.5 Å². The average Bonchev–Trinajstić information content (AvgIpc) is 2.83. The molecule has 2 unspecified atom stereocenters. The lowest BCUT2D eigenvalue weighted by Crippen LogP contribution is -2.53. The summed E-state index contributed by atoms with van der Waals surface area (Å²) in [6.07, 6.45) is -1.87. The van der Waals surface area contributed by atoms with Crippen LogP contribution in [0.15, 0.2) is 24.3 Å². The van der Waals surface area contributed by atoms with Crippen molar-refractivity contribution in [1.29, 1.82) is 0 Å². The first kappa shape index (κ1) is 28.3. The summed E-state index contributed by atoms with van der Waals surface area (Å²) >= 11 is 6.19. The minimum absolute atomic E-state index is 0.0302. The zero-order chi connectivity index (χ0) is 26.7. The third-order valence-electron chi connectivity index (χ3n) is 6.97. The Labute approximate surface area is 215 Å². The smallest absolute Gasteiger partial charge is 0.393 e. The van der Waals surface area contributed by atoms with Gasteiger partial charge >= 0.3 is 6.18 Å². The van der Waals surface area contributed by atoms with E-state index in [0.29, 0.717) is 43.5 Å². The molecule has 0 bridgehead atoms. The standard InChI is InChI=1S/C23H30ClF3N6O.C2H6/c1-14-12-32(15(2)16-4-6-17(7-5-16)23(25,26)27)10-11-33(14)20-18(28)19(30-21(24)31-20)29-13-22(34)8-3-9-22;1-2/h4-7,14-15,34H,3,8-13,28H2,1-2H3,(H,29,30,31);1-2H3. The number of alkyl halides is 3. The van der Waals surface area contributed by atoms with E-state index in [9.17, 15) is 18.3 Å². The van der Waals surface area contributed by atoms with Crippen LogP contribution in [0.3, 0.4) is 0 Å². The van der Waals surface area contributed by atoms with Crippen molar-refractivity contribution in [3.63, 3.8) is 0 Å². The SMILES string of the molecule is CC.CC(c1ccc(C(F)(F)F)cc1)N1CCN(c2nc(Cl)nc(NCC3(O)CCC3)c2N)C(C)C1. The van der Waals surface area contributed by atoms with Gasteiger partial charge in [0.2, 0.25) is 5.28 Å². The predicted octanol–water partition coefficient (Wildman–Crippen LogP) is 5.36. The molecule has 11 heteroatoms. The second kappa shape index (κ2) is 11.4. The number of aromatic nitrogens is 2. The number of halogens is 4. The van der Waals surface area contributed by atoms with Gasteiger partial charge in [0.1, 0.15) is 5.69 Å². The Morgan fingerprint density at radius 3 is 2.36 bits per heavy atom. The Morgan fingerprint density at radius 2 is 1.83 bits per heavy atom. The fraction of sp³-hybridized carbons (Fsp3) is 0.600. The molecule has 7 nitrogen and oxygen atoms in total. The number of nitrogens with two attached hydrogens (primary N) is 1. The third-order valence-corrected chi connectivity index (χ3v) is 7.14. The number of hydrogen-bond donors (Lipinski definition) is 3. The maximum Gasteiger partial charge on any atom is 0.416 e. The highest BCUT2D eigenvalue weighted by atomic mass is 35.5. The summed E-state index contributed by atoms with van der Waals surface area (Å²) in [5.41, 5.74) is 6.22. The van der Waals surface area contributed by atoms with Crippen LogP contribution in [0.1, 0.15) is 64.1 Å². The van der Waals surface area contributed by atoms with Crippen molar-refractivity contribution < 1.29 is 18.3 Å². The highest BCUT2D eigenvalue weighted by molar-refractivity contribution is 6.28. The third kappa shape index (κ3) is 6.33. The van der Waals surface area contributed by atoms with Crippen molar-refractivity contribution in [3.8, 4) is 0 Å². The van der Waals surface area contributed by atoms with E-state index < -0.39 is 17.3 Å². The van der Waals surface area contributed by atoms with Crippen LogP contribution < -0.4 is 16.0 Å². The van der Waals surface area contributed by atoms with Gasteiger partial charge in [-0.2, -0.15) is 23.1 Å². The molecule has 4 N–H and O–H groups in total. The van der Waals surface area contributed by atoms with Crippen molar-refractivity contribution in [3.05, 3.63) is 40.7 Å². The molecule has 2 aliphatic rings. The van der Waals surface area contributed by atoms with Gasteiger partial charge in [0.05, 0.1) is 11.2 Å². The summed E-state index contributed by atoms with van der Waals surface area (Å²) in [5.74, 6) is 0.945. The van der Waals surface area contributed by atoms with Gasteiger partial charge in [0.25, 0.3) is 0 Å². The number of hydrogen-bond acceptors (Lipinski definition) is 7. The van der Waals surface area contributed by atoms with E-state index in [2.05, 4.69) is 25.1 Å². The average molecular weight is 529 g/mol. The monoisotopic (exact) mass is 528 g/mol. The number of nitrogen functional groups attached to an aromatic ring is 1. The van der Waals surface area contributed by atoms with E-state index in [4.69, 9.17) is 17.3 Å². The highest BCUT2D eigenvalue weighted by Crippen LogP contribution is 2.36. The quantitative estimate of drug-likeness (QED) is 0.435. The molecule has 2 aromatic rings. The van der Waals surface area contributed by atoms with Gasteiger partial charge in [-0.05, 0) is 62.4 Å². The summed E-state index contributed by atoms with van der Waals surface area (Å²) in [4.78, 5) is 12.9. The van der Waals surface area contributed by atoms with Crippen LogP contribution in [0.2, 0.25) is 5.28 Å². The zero-order valence-electron chi connectivity index (χ0n) is 21.2. The topological polar surface area (TPSA) is 90.5 Å². The summed E-state index contributed by atoms with van der Waals surface area (Å²) in [7, 11) is 0. The first-order chi connectivity index (χ1) is 17.0. The molecule has 1 aliphatic carbocycles. The number of nitrogens with one attached hydrogen (secondary N) is 1. The van der Waals surface area contributed by atoms with Gasteiger partial charge in [-0.25, -0.2) is 0 Å². The van der Waals surface area contributed by atoms with Gasteiger partial charge < -0.3 is 21.1 Å². The Hall–Kier alpha value is -2.30. The van der Waals surface area contributed by atoms with Crippen LogP contribution in [0, 0.1) is 0 Å². The molecule has 200 valence electrons. The molecule has 2 heterocycles. The van der Waals surface area contributed by atoms with E-state index in [1.54, 1.807) is 12.1 Å². The molecule has 1 aromatic carbocycles. The summed E-state index contributed by atoms with van der Waals surface area (Å²) < 4.78 is 38.7. The Morgan fingerprint density at radius 1 is 1.19 bits per heavy atom. The summed E-state index contributed by atoms with van der Waals surface area (Å²) in [6.45, 7) is 10.4. The van der Waals surface area contributed by atoms with Gasteiger partial charge in [-0.15, -0.1) is 0 Å². The molecule has 2 atom stereocenters. The number of benzene rings is 1. The fourth-order valence-electron chi connectivity index (χ4n) is 4.61. The van der Waals surface area contributed by atoms with Crippen LogP contribution in [-0.2, 0) is 6.18 Å². The van der Waals surface area contributed by atoms with Crippen LogP contribution in [0.5, 0.6) is 0 Å². The number of nitrogens with zero attached hydrogens (tertiary/aromatic N) is 4. The lowest BCUT2D eigenvalue weighted by Gasteiger charge is -2.43. The second-order valence-electron chi connectivity index (χ2n) is 9.34. The molecule has 2 fully saturated rings. The molecular weight excluding hydrogens is 493 g/mol. The minimum atomic E-state index is -4.34. The minimum Gasteiger partial charge on any atom is -0.393 e. The van der Waals surface area contributed by atoms with E-state index >= 15 is 0 Å². The van der Waals surface area contributed by atoms with Crippen molar-refractivity contribution >= 4 is 28.9 Å². The van der Waals surface area contributed by atoms with Crippen molar-refractivity contribution in [2.24, 2.45) is 0 Å². The molecule has 1 saturated heterocycles. The summed E-state index contributed by atoms with van der Waals surface area (Å²) in [6, 6.07) is 5.33. The van der Waals surface area contributed by atoms with Gasteiger partial charge in [-0.1, -0.05) is 26.0 Å². The molecule has 0 spiro atoms. The Balaban J connectivity index is 0.00000176. The first-order valence-electron chi connectivity index (χ1n) is 12.4. The van der Waals surface area contributed by atoms with Gasteiger partial charge in [0, 0.05) is 38.3 Å². The van der Waals surface area contributed by atoms with Gasteiger partial charge in [-0.3, -0.25) is 4.90 Å². The lowest BCUT2D eigenvalue weighted by atomic mass is 9.80. The highest BCUT2D eigenvalue weighted by Gasteiger charge is 2.35. The van der Waals surface area contributed by atoms with Crippen molar-refractivity contribution in [2.75, 3.05) is 42.1 Å². The lowest BCUT2D eigenvalue weighted by molar-refractivity contribution is -0.137. The maximum absolute atomic E-state index is 12.9. The number of anilines is 3. The van der Waals surface area contributed by atoms with Crippen LogP contribution >= 0.6 is 11.6 Å². The molecule has 1 saturated carbocycles. The maximum atomic E-state index is 12.9. The van der Waals surface area contributed by atoms with Crippen LogP contribution in [0.25, 0.3) is 0 Å². The zero-order valence-corrected chi connectivity index (χ0v) is 22.0. The Bertz CT molecular complexity index is 1020. The van der Waals surface area contributed by atoms with E-state index in [1.807, 2.05) is 27.7 Å². The molecule has 0 amide bonds.